The molecule has 1 atom stereocenters. The van der Waals surface area contributed by atoms with Gasteiger partial charge < -0.3 is 15.4 Å². The highest BCUT2D eigenvalue weighted by atomic mass is 32.1. The number of hydrogen-bond donors (Lipinski definition) is 2. The summed E-state index contributed by atoms with van der Waals surface area (Å²) >= 11 is 1.50. The summed E-state index contributed by atoms with van der Waals surface area (Å²) in [6.07, 6.45) is -1.58. The molecule has 0 saturated carbocycles. The van der Waals surface area contributed by atoms with Gasteiger partial charge in [-0.25, -0.2) is 9.67 Å². The largest absolute Gasteiger partial charge is 0.429 e. The number of imidazole rings is 1. The van der Waals surface area contributed by atoms with E-state index in [0.717, 1.165) is 20.5 Å². The van der Waals surface area contributed by atoms with Crippen LogP contribution in [0.25, 0.3) is 0 Å². The number of anilines is 1. The number of aryl methyl sites for hydroxylation is 2. The molecule has 0 unspecified atom stereocenters. The molecule has 6 nitrogen and oxygen atoms in total. The van der Waals surface area contributed by atoms with Gasteiger partial charge in [0, 0.05) is 29.2 Å². The van der Waals surface area contributed by atoms with Crippen LogP contribution in [0.5, 0.6) is 0 Å². The molecule has 3 aromatic heterocycles. The smallest absolute Gasteiger partial charge is 0.384 e. The van der Waals surface area contributed by atoms with Gasteiger partial charge in [-0.05, 0) is 19.1 Å². The SMILES string of the molecule is Cc1ccc(Cn2ncc([C@](O)(c3nccn3C)C(F)(F)F)c2N)s1. The summed E-state index contributed by atoms with van der Waals surface area (Å²) in [7, 11) is 1.37. The maximum absolute atomic E-state index is 13.8. The summed E-state index contributed by atoms with van der Waals surface area (Å²) in [5.41, 5.74) is 2.02. The van der Waals surface area contributed by atoms with Gasteiger partial charge in [0.15, 0.2) is 5.82 Å². The van der Waals surface area contributed by atoms with Crippen molar-refractivity contribution < 1.29 is 18.3 Å². The van der Waals surface area contributed by atoms with Crippen molar-refractivity contribution >= 4 is 17.2 Å². The number of nitrogen functional groups attached to an aromatic ring is 1. The fraction of sp³-hybridized carbons (Fsp3) is 0.333. The van der Waals surface area contributed by atoms with Gasteiger partial charge in [-0.3, -0.25) is 0 Å². The quantitative estimate of drug-likeness (QED) is 0.738. The molecule has 0 bridgehead atoms. The predicted octanol–water partition coefficient (Wildman–Crippen LogP) is 2.42. The molecule has 25 heavy (non-hydrogen) atoms. The molecule has 134 valence electrons. The summed E-state index contributed by atoms with van der Waals surface area (Å²) in [6, 6.07) is 3.76. The maximum atomic E-state index is 13.8. The molecule has 0 saturated heterocycles. The van der Waals surface area contributed by atoms with Crippen molar-refractivity contribution in [3.8, 4) is 0 Å². The van der Waals surface area contributed by atoms with Crippen molar-refractivity contribution in [1.29, 1.82) is 0 Å². The number of hydrogen-bond acceptors (Lipinski definition) is 5. The number of rotatable bonds is 4. The highest BCUT2D eigenvalue weighted by Crippen LogP contribution is 2.45. The molecule has 10 heteroatoms. The van der Waals surface area contributed by atoms with E-state index in [0.29, 0.717) is 0 Å². The second kappa shape index (κ2) is 5.88. The van der Waals surface area contributed by atoms with Crippen LogP contribution in [0, 0.1) is 6.92 Å². The minimum Gasteiger partial charge on any atom is -0.384 e. The van der Waals surface area contributed by atoms with E-state index in [1.807, 2.05) is 19.1 Å². The number of halogens is 3. The first-order chi connectivity index (χ1) is 11.6. The van der Waals surface area contributed by atoms with E-state index in [-0.39, 0.29) is 12.4 Å². The lowest BCUT2D eigenvalue weighted by Gasteiger charge is -2.29. The van der Waals surface area contributed by atoms with Crippen LogP contribution in [0.4, 0.5) is 19.0 Å². The molecule has 3 heterocycles. The van der Waals surface area contributed by atoms with Crippen LogP contribution in [0.1, 0.15) is 21.1 Å². The van der Waals surface area contributed by atoms with Crippen molar-refractivity contribution in [2.24, 2.45) is 7.05 Å². The number of aromatic nitrogens is 4. The monoisotopic (exact) mass is 371 g/mol. The minimum absolute atomic E-state index is 0.221. The average Bonchev–Trinajstić information content (AvgIpc) is 3.21. The molecule has 3 aromatic rings. The molecule has 3 rings (SSSR count). The van der Waals surface area contributed by atoms with Crippen molar-refractivity contribution in [3.05, 3.63) is 51.9 Å². The molecule has 0 aliphatic carbocycles. The zero-order valence-corrected chi connectivity index (χ0v) is 14.3. The third-order valence-electron chi connectivity index (χ3n) is 3.93. The van der Waals surface area contributed by atoms with Crippen molar-refractivity contribution in [3.63, 3.8) is 0 Å². The van der Waals surface area contributed by atoms with Gasteiger partial charge in [-0.2, -0.15) is 18.3 Å². The Morgan fingerprint density at radius 2 is 2.04 bits per heavy atom. The lowest BCUT2D eigenvalue weighted by Crippen LogP contribution is -2.45. The number of nitrogens with two attached hydrogens (primary N) is 1. The van der Waals surface area contributed by atoms with Crippen LogP contribution in [0.3, 0.4) is 0 Å². The van der Waals surface area contributed by atoms with E-state index in [9.17, 15) is 18.3 Å². The average molecular weight is 371 g/mol. The first-order valence-electron chi connectivity index (χ1n) is 7.28. The number of alkyl halides is 3. The van der Waals surface area contributed by atoms with E-state index in [4.69, 9.17) is 5.73 Å². The Morgan fingerprint density at radius 1 is 1.32 bits per heavy atom. The predicted molar refractivity (Wildman–Crippen MR) is 87.1 cm³/mol. The third-order valence-corrected chi connectivity index (χ3v) is 4.91. The second-order valence-corrected chi connectivity index (χ2v) is 7.06. The zero-order valence-electron chi connectivity index (χ0n) is 13.4. The topological polar surface area (TPSA) is 81.9 Å². The van der Waals surface area contributed by atoms with E-state index in [1.54, 1.807) is 0 Å². The summed E-state index contributed by atoms with van der Waals surface area (Å²) < 4.78 is 43.6. The van der Waals surface area contributed by atoms with Crippen LogP contribution in [-0.4, -0.2) is 30.6 Å². The number of nitrogens with zero attached hydrogens (tertiary/aromatic N) is 4. The summed E-state index contributed by atoms with van der Waals surface area (Å²) in [4.78, 5) is 5.64. The highest BCUT2D eigenvalue weighted by molar-refractivity contribution is 7.11. The third kappa shape index (κ3) is 2.81. The Kier molecular flexibility index (Phi) is 4.12. The fourth-order valence-corrected chi connectivity index (χ4v) is 3.50. The normalized spacial score (nSPS) is 14.6. The summed E-state index contributed by atoms with van der Waals surface area (Å²) in [6.45, 7) is 2.15. The van der Waals surface area contributed by atoms with Gasteiger partial charge >= 0.3 is 6.18 Å². The molecule has 0 spiro atoms. The van der Waals surface area contributed by atoms with Gasteiger partial charge in [-0.1, -0.05) is 0 Å². The fourth-order valence-electron chi connectivity index (χ4n) is 2.63. The lowest BCUT2D eigenvalue weighted by atomic mass is 9.94. The molecule has 0 aromatic carbocycles. The van der Waals surface area contributed by atoms with Gasteiger partial charge in [0.25, 0.3) is 0 Å². The Morgan fingerprint density at radius 3 is 2.56 bits per heavy atom. The van der Waals surface area contributed by atoms with Crippen molar-refractivity contribution in [2.45, 2.75) is 25.2 Å². The van der Waals surface area contributed by atoms with E-state index in [2.05, 4.69) is 10.1 Å². The maximum Gasteiger partial charge on any atom is 0.429 e. The van der Waals surface area contributed by atoms with E-state index in [1.165, 1.54) is 35.5 Å². The van der Waals surface area contributed by atoms with Gasteiger partial charge in [0.2, 0.25) is 5.60 Å². The first-order valence-corrected chi connectivity index (χ1v) is 8.10. The van der Waals surface area contributed by atoms with E-state index >= 15 is 0 Å². The Labute approximate surface area is 145 Å². The molecular formula is C15H16F3N5OS. The highest BCUT2D eigenvalue weighted by Gasteiger charge is 2.60. The molecule has 0 fully saturated rings. The van der Waals surface area contributed by atoms with E-state index < -0.39 is 23.2 Å². The molecule has 0 aliphatic heterocycles. The Hall–Kier alpha value is -2.33. The standard InChI is InChI=1S/C15H16F3N5OS/c1-9-3-4-10(25-9)8-23-12(19)11(7-21-23)14(24,15(16,17)18)13-20-5-6-22(13)2/h3-7,24H,8,19H2,1-2H3/t14-/m0/s1. The number of aliphatic hydroxyl groups is 1. The molecular weight excluding hydrogens is 355 g/mol. The van der Waals surface area contributed by atoms with Crippen LogP contribution >= 0.6 is 11.3 Å². The second-order valence-electron chi connectivity index (χ2n) is 5.68. The Balaban J connectivity index is 2.08. The zero-order chi connectivity index (χ0) is 18.4. The van der Waals surface area contributed by atoms with Crippen LogP contribution in [-0.2, 0) is 19.2 Å². The van der Waals surface area contributed by atoms with Gasteiger partial charge in [0.1, 0.15) is 5.82 Å². The molecule has 0 radical (unpaired) electrons. The lowest BCUT2D eigenvalue weighted by molar-refractivity contribution is -0.251. The van der Waals surface area contributed by atoms with Gasteiger partial charge in [0.05, 0.1) is 18.3 Å². The van der Waals surface area contributed by atoms with Crippen LogP contribution in [0.15, 0.2) is 30.7 Å². The molecule has 0 aliphatic rings. The van der Waals surface area contributed by atoms with Gasteiger partial charge in [-0.15, -0.1) is 11.3 Å². The Bertz CT molecular complexity index is 897. The minimum atomic E-state index is -5.02. The van der Waals surface area contributed by atoms with Crippen molar-refractivity contribution in [2.75, 3.05) is 5.73 Å². The number of thiophene rings is 1. The first kappa shape index (κ1) is 17.5. The van der Waals surface area contributed by atoms with Crippen molar-refractivity contribution in [1.82, 2.24) is 19.3 Å². The molecule has 3 N–H and O–H groups in total. The summed E-state index contributed by atoms with van der Waals surface area (Å²) in [5, 5.41) is 14.5. The van der Waals surface area contributed by atoms with Crippen LogP contribution < -0.4 is 5.73 Å². The molecule has 0 amide bonds. The van der Waals surface area contributed by atoms with Crippen LogP contribution in [0.2, 0.25) is 0 Å². The summed E-state index contributed by atoms with van der Waals surface area (Å²) in [5.74, 6) is -0.827.